The van der Waals surface area contributed by atoms with Gasteiger partial charge in [0, 0.05) is 12.4 Å². The summed E-state index contributed by atoms with van der Waals surface area (Å²) in [6.07, 6.45) is 4.42. The van der Waals surface area contributed by atoms with Gasteiger partial charge < -0.3 is 14.8 Å². The van der Waals surface area contributed by atoms with E-state index in [2.05, 4.69) is 27.3 Å². The predicted molar refractivity (Wildman–Crippen MR) is 87.5 cm³/mol. The Bertz CT molecular complexity index is 592. The van der Waals surface area contributed by atoms with Gasteiger partial charge in [-0.05, 0) is 39.5 Å². The number of amides is 1. The molecule has 0 spiro atoms. The summed E-state index contributed by atoms with van der Waals surface area (Å²) in [5.74, 6) is 0.855. The third-order valence-electron chi connectivity index (χ3n) is 3.64. The maximum absolute atomic E-state index is 12.3. The first kappa shape index (κ1) is 16.2. The number of imidazole rings is 1. The molecule has 1 N–H and O–H groups in total. The summed E-state index contributed by atoms with van der Waals surface area (Å²) in [5.41, 5.74) is 1.14. The van der Waals surface area contributed by atoms with E-state index in [0.717, 1.165) is 24.4 Å². The number of aromatic nitrogens is 2. The largest absolute Gasteiger partial charge is 0.348 e. The van der Waals surface area contributed by atoms with E-state index in [1.54, 1.807) is 6.20 Å². The van der Waals surface area contributed by atoms with Gasteiger partial charge in [-0.2, -0.15) is 0 Å². The van der Waals surface area contributed by atoms with Crippen LogP contribution >= 0.6 is 0 Å². The van der Waals surface area contributed by atoms with Crippen molar-refractivity contribution in [2.24, 2.45) is 0 Å². The van der Waals surface area contributed by atoms with E-state index < -0.39 is 0 Å². The van der Waals surface area contributed by atoms with Crippen LogP contribution in [-0.2, 0) is 11.3 Å². The second-order valence-corrected chi connectivity index (χ2v) is 5.73. The standard InChI is InChI=1S/C17H24N4O/c1-14-18-10-12-21(14)13-17(22)19-16(9-11-20(2)3)15-7-5-4-6-8-15/h4-8,10,12,16H,9,11,13H2,1-3H3,(H,19,22)/t16-/m1/s1. The van der Waals surface area contributed by atoms with E-state index in [1.807, 2.05) is 50.0 Å². The van der Waals surface area contributed by atoms with Gasteiger partial charge in [0.05, 0.1) is 6.04 Å². The lowest BCUT2D eigenvalue weighted by atomic mass is 10.0. The highest BCUT2D eigenvalue weighted by Crippen LogP contribution is 2.16. The van der Waals surface area contributed by atoms with Gasteiger partial charge in [-0.25, -0.2) is 4.98 Å². The first-order chi connectivity index (χ1) is 10.6. The smallest absolute Gasteiger partial charge is 0.240 e. The maximum atomic E-state index is 12.3. The van der Waals surface area contributed by atoms with E-state index >= 15 is 0 Å². The van der Waals surface area contributed by atoms with Gasteiger partial charge in [0.2, 0.25) is 5.91 Å². The average Bonchev–Trinajstić information content (AvgIpc) is 2.89. The minimum atomic E-state index is 0.00806. The summed E-state index contributed by atoms with van der Waals surface area (Å²) < 4.78 is 1.85. The zero-order valence-corrected chi connectivity index (χ0v) is 13.5. The van der Waals surface area contributed by atoms with Crippen molar-refractivity contribution in [3.05, 3.63) is 54.1 Å². The van der Waals surface area contributed by atoms with Crippen molar-refractivity contribution in [3.8, 4) is 0 Å². The number of rotatable bonds is 7. The lowest BCUT2D eigenvalue weighted by molar-refractivity contribution is -0.122. The molecule has 5 nitrogen and oxygen atoms in total. The number of nitrogens with one attached hydrogen (secondary N) is 1. The highest BCUT2D eigenvalue weighted by Gasteiger charge is 2.15. The minimum absolute atomic E-state index is 0.00806. The van der Waals surface area contributed by atoms with Crippen molar-refractivity contribution in [2.75, 3.05) is 20.6 Å². The number of carbonyl (C=O) groups is 1. The molecule has 0 fully saturated rings. The van der Waals surface area contributed by atoms with Crippen LogP contribution in [0.4, 0.5) is 0 Å². The quantitative estimate of drug-likeness (QED) is 0.851. The van der Waals surface area contributed by atoms with Crippen LogP contribution in [-0.4, -0.2) is 41.0 Å². The summed E-state index contributed by atoms with van der Waals surface area (Å²) in [5, 5.41) is 3.14. The topological polar surface area (TPSA) is 50.2 Å². The number of nitrogens with zero attached hydrogens (tertiary/aromatic N) is 3. The van der Waals surface area contributed by atoms with Gasteiger partial charge in [0.25, 0.3) is 0 Å². The van der Waals surface area contributed by atoms with Gasteiger partial charge in [0.15, 0.2) is 0 Å². The molecule has 5 heteroatoms. The van der Waals surface area contributed by atoms with E-state index in [0.29, 0.717) is 6.54 Å². The van der Waals surface area contributed by atoms with Crippen LogP contribution in [0.1, 0.15) is 23.9 Å². The lowest BCUT2D eigenvalue weighted by Gasteiger charge is -2.21. The van der Waals surface area contributed by atoms with Crippen LogP contribution in [0.5, 0.6) is 0 Å². The molecule has 1 aromatic carbocycles. The van der Waals surface area contributed by atoms with E-state index in [1.165, 1.54) is 0 Å². The fourth-order valence-corrected chi connectivity index (χ4v) is 2.36. The third-order valence-corrected chi connectivity index (χ3v) is 3.64. The molecule has 1 amide bonds. The molecule has 118 valence electrons. The second-order valence-electron chi connectivity index (χ2n) is 5.73. The molecule has 1 atom stereocenters. The van der Waals surface area contributed by atoms with Crippen molar-refractivity contribution in [2.45, 2.75) is 25.9 Å². The van der Waals surface area contributed by atoms with Crippen LogP contribution in [0, 0.1) is 6.92 Å². The zero-order chi connectivity index (χ0) is 15.9. The fraction of sp³-hybridized carbons (Fsp3) is 0.412. The van der Waals surface area contributed by atoms with Crippen LogP contribution in [0.3, 0.4) is 0 Å². The molecule has 1 aromatic heterocycles. The predicted octanol–water partition coefficient (Wildman–Crippen LogP) is 2.00. The highest BCUT2D eigenvalue weighted by atomic mass is 16.2. The van der Waals surface area contributed by atoms with Crippen molar-refractivity contribution < 1.29 is 4.79 Å². The summed E-state index contributed by atoms with van der Waals surface area (Å²) in [4.78, 5) is 18.6. The van der Waals surface area contributed by atoms with Gasteiger partial charge in [-0.1, -0.05) is 30.3 Å². The van der Waals surface area contributed by atoms with E-state index in [4.69, 9.17) is 0 Å². The Hall–Kier alpha value is -2.14. The van der Waals surface area contributed by atoms with Crippen LogP contribution in [0.25, 0.3) is 0 Å². The molecule has 0 saturated carbocycles. The molecule has 0 aliphatic carbocycles. The van der Waals surface area contributed by atoms with Crippen molar-refractivity contribution in [1.82, 2.24) is 19.8 Å². The summed E-state index contributed by atoms with van der Waals surface area (Å²) in [6, 6.07) is 10.1. The SMILES string of the molecule is Cc1nccn1CC(=O)N[C@H](CCN(C)C)c1ccccc1. The highest BCUT2D eigenvalue weighted by molar-refractivity contribution is 5.76. The van der Waals surface area contributed by atoms with Crippen LogP contribution in [0.15, 0.2) is 42.7 Å². The monoisotopic (exact) mass is 300 g/mol. The Labute approximate surface area is 132 Å². The zero-order valence-electron chi connectivity index (χ0n) is 13.5. The molecule has 0 aliphatic rings. The molecule has 0 radical (unpaired) electrons. The number of hydrogen-bond donors (Lipinski definition) is 1. The Morgan fingerprint density at radius 3 is 2.64 bits per heavy atom. The fourth-order valence-electron chi connectivity index (χ4n) is 2.36. The molecule has 2 rings (SSSR count). The molecular formula is C17H24N4O. The van der Waals surface area contributed by atoms with E-state index in [9.17, 15) is 4.79 Å². The number of hydrogen-bond acceptors (Lipinski definition) is 3. The van der Waals surface area contributed by atoms with Crippen LogP contribution < -0.4 is 5.32 Å². The summed E-state index contributed by atoms with van der Waals surface area (Å²) in [7, 11) is 4.08. The molecule has 1 heterocycles. The number of benzene rings is 1. The molecular weight excluding hydrogens is 276 g/mol. The minimum Gasteiger partial charge on any atom is -0.348 e. The Morgan fingerprint density at radius 2 is 2.05 bits per heavy atom. The second kappa shape index (κ2) is 7.75. The normalized spacial score (nSPS) is 12.4. The Balaban J connectivity index is 2.02. The van der Waals surface area contributed by atoms with Gasteiger partial charge in [0.1, 0.15) is 12.4 Å². The van der Waals surface area contributed by atoms with Crippen LogP contribution in [0.2, 0.25) is 0 Å². The van der Waals surface area contributed by atoms with Crippen molar-refractivity contribution in [1.29, 1.82) is 0 Å². The first-order valence-electron chi connectivity index (χ1n) is 7.53. The third kappa shape index (κ3) is 4.70. The first-order valence-corrected chi connectivity index (χ1v) is 7.53. The molecule has 22 heavy (non-hydrogen) atoms. The van der Waals surface area contributed by atoms with Gasteiger partial charge >= 0.3 is 0 Å². The van der Waals surface area contributed by atoms with Gasteiger partial charge in [-0.15, -0.1) is 0 Å². The molecule has 0 aliphatic heterocycles. The molecule has 0 saturated heterocycles. The average molecular weight is 300 g/mol. The molecule has 0 unspecified atom stereocenters. The van der Waals surface area contributed by atoms with E-state index in [-0.39, 0.29) is 11.9 Å². The Morgan fingerprint density at radius 1 is 1.32 bits per heavy atom. The molecule has 2 aromatic rings. The molecule has 0 bridgehead atoms. The lowest BCUT2D eigenvalue weighted by Crippen LogP contribution is -2.33. The number of carbonyl (C=O) groups excluding carboxylic acids is 1. The Kier molecular flexibility index (Phi) is 5.72. The van der Waals surface area contributed by atoms with Gasteiger partial charge in [-0.3, -0.25) is 4.79 Å². The summed E-state index contributed by atoms with van der Waals surface area (Å²) in [6.45, 7) is 3.12. The van der Waals surface area contributed by atoms with Crippen molar-refractivity contribution >= 4 is 5.91 Å². The van der Waals surface area contributed by atoms with Crippen molar-refractivity contribution in [3.63, 3.8) is 0 Å². The number of aryl methyl sites for hydroxylation is 1. The maximum Gasteiger partial charge on any atom is 0.240 e. The summed E-state index contributed by atoms with van der Waals surface area (Å²) >= 11 is 0.